The SMILES string of the molecule is COc1cccc(-c2nc(COC(=O)COc3ccc(C#N)cc3)cs2)c1. The minimum atomic E-state index is -0.490. The molecule has 27 heavy (non-hydrogen) atoms. The Labute approximate surface area is 160 Å². The Morgan fingerprint density at radius 2 is 2.00 bits per heavy atom. The summed E-state index contributed by atoms with van der Waals surface area (Å²) in [4.78, 5) is 16.3. The molecule has 1 heterocycles. The largest absolute Gasteiger partial charge is 0.497 e. The zero-order valence-electron chi connectivity index (χ0n) is 14.5. The lowest BCUT2D eigenvalue weighted by molar-refractivity contribution is -0.147. The molecule has 0 radical (unpaired) electrons. The van der Waals surface area contributed by atoms with Crippen LogP contribution in [0.3, 0.4) is 0 Å². The fraction of sp³-hybridized carbons (Fsp3) is 0.150. The van der Waals surface area contributed by atoms with Crippen molar-refractivity contribution in [1.82, 2.24) is 4.98 Å². The van der Waals surface area contributed by atoms with E-state index in [-0.39, 0.29) is 13.2 Å². The molecule has 0 saturated heterocycles. The second kappa shape index (κ2) is 8.83. The van der Waals surface area contributed by atoms with Gasteiger partial charge in [0.05, 0.1) is 24.4 Å². The lowest BCUT2D eigenvalue weighted by atomic mass is 10.2. The fourth-order valence-electron chi connectivity index (χ4n) is 2.23. The molecule has 0 bridgehead atoms. The Bertz CT molecular complexity index is 961. The van der Waals surface area contributed by atoms with E-state index in [4.69, 9.17) is 19.5 Å². The highest BCUT2D eigenvalue weighted by Gasteiger charge is 2.09. The van der Waals surface area contributed by atoms with Crippen LogP contribution < -0.4 is 9.47 Å². The maximum Gasteiger partial charge on any atom is 0.344 e. The average molecular weight is 380 g/mol. The number of benzene rings is 2. The van der Waals surface area contributed by atoms with Crippen molar-refractivity contribution in [2.75, 3.05) is 13.7 Å². The number of hydrogen-bond acceptors (Lipinski definition) is 7. The van der Waals surface area contributed by atoms with Crippen LogP contribution in [-0.4, -0.2) is 24.7 Å². The third kappa shape index (κ3) is 5.06. The van der Waals surface area contributed by atoms with Crippen molar-refractivity contribution in [2.24, 2.45) is 0 Å². The number of carbonyl (C=O) groups is 1. The normalized spacial score (nSPS) is 10.1. The molecule has 0 aliphatic carbocycles. The van der Waals surface area contributed by atoms with Gasteiger partial charge in [-0.2, -0.15) is 5.26 Å². The molecule has 0 fully saturated rings. The number of thiazole rings is 1. The van der Waals surface area contributed by atoms with E-state index < -0.39 is 5.97 Å². The average Bonchev–Trinajstić information content (AvgIpc) is 3.20. The van der Waals surface area contributed by atoms with Crippen LogP contribution in [0.4, 0.5) is 0 Å². The summed E-state index contributed by atoms with van der Waals surface area (Å²) in [7, 11) is 1.62. The van der Waals surface area contributed by atoms with Crippen molar-refractivity contribution in [1.29, 1.82) is 5.26 Å². The van der Waals surface area contributed by atoms with Gasteiger partial charge in [0.1, 0.15) is 23.1 Å². The van der Waals surface area contributed by atoms with E-state index in [1.165, 1.54) is 11.3 Å². The van der Waals surface area contributed by atoms with Crippen LogP contribution in [-0.2, 0) is 16.1 Å². The molecule has 3 rings (SSSR count). The molecule has 0 aliphatic heterocycles. The third-order valence-corrected chi connectivity index (χ3v) is 4.53. The molecule has 1 aromatic heterocycles. The van der Waals surface area contributed by atoms with Crippen molar-refractivity contribution >= 4 is 17.3 Å². The first-order chi connectivity index (χ1) is 13.2. The summed E-state index contributed by atoms with van der Waals surface area (Å²) >= 11 is 1.47. The number of methoxy groups -OCH3 is 1. The molecule has 7 heteroatoms. The molecular formula is C20H16N2O4S. The second-order valence-electron chi connectivity index (χ2n) is 5.46. The molecule has 0 amide bonds. The van der Waals surface area contributed by atoms with Gasteiger partial charge in [0, 0.05) is 10.9 Å². The summed E-state index contributed by atoms with van der Waals surface area (Å²) < 4.78 is 15.7. The number of rotatable bonds is 7. The van der Waals surface area contributed by atoms with E-state index >= 15 is 0 Å². The van der Waals surface area contributed by atoms with Gasteiger partial charge < -0.3 is 14.2 Å². The number of esters is 1. The van der Waals surface area contributed by atoms with Crippen molar-refractivity contribution in [3.63, 3.8) is 0 Å². The first-order valence-corrected chi connectivity index (χ1v) is 8.93. The highest BCUT2D eigenvalue weighted by molar-refractivity contribution is 7.13. The quantitative estimate of drug-likeness (QED) is 0.580. The molecule has 0 atom stereocenters. The van der Waals surface area contributed by atoms with E-state index in [2.05, 4.69) is 4.98 Å². The first-order valence-electron chi connectivity index (χ1n) is 8.05. The number of nitriles is 1. The molecule has 3 aromatic rings. The van der Waals surface area contributed by atoms with E-state index in [1.807, 2.05) is 35.7 Å². The van der Waals surface area contributed by atoms with Crippen LogP contribution in [0.1, 0.15) is 11.3 Å². The second-order valence-corrected chi connectivity index (χ2v) is 6.32. The standard InChI is InChI=1S/C20H16N2O4S/c1-24-18-4-2-3-15(9-18)20-22-16(13-27-20)11-26-19(23)12-25-17-7-5-14(10-21)6-8-17/h2-9,13H,11-12H2,1H3. The van der Waals surface area contributed by atoms with Gasteiger partial charge in [-0.15, -0.1) is 11.3 Å². The van der Waals surface area contributed by atoms with Crippen molar-refractivity contribution in [3.8, 4) is 28.1 Å². The topological polar surface area (TPSA) is 81.4 Å². The smallest absolute Gasteiger partial charge is 0.344 e. The molecule has 2 aromatic carbocycles. The molecule has 0 spiro atoms. The summed E-state index contributed by atoms with van der Waals surface area (Å²) in [5.41, 5.74) is 2.14. The van der Waals surface area contributed by atoms with Gasteiger partial charge in [-0.3, -0.25) is 0 Å². The van der Waals surface area contributed by atoms with Gasteiger partial charge in [-0.05, 0) is 36.4 Å². The van der Waals surface area contributed by atoms with Crippen LogP contribution in [0.2, 0.25) is 0 Å². The van der Waals surface area contributed by atoms with Gasteiger partial charge in [0.2, 0.25) is 0 Å². The predicted molar refractivity (Wildman–Crippen MR) is 101 cm³/mol. The Morgan fingerprint density at radius 1 is 1.19 bits per heavy atom. The Balaban J connectivity index is 1.50. The van der Waals surface area contributed by atoms with Crippen LogP contribution >= 0.6 is 11.3 Å². The zero-order chi connectivity index (χ0) is 19.1. The van der Waals surface area contributed by atoms with Gasteiger partial charge in [-0.1, -0.05) is 12.1 Å². The molecule has 0 unspecified atom stereocenters. The predicted octanol–water partition coefficient (Wildman–Crippen LogP) is 3.81. The lowest BCUT2D eigenvalue weighted by Gasteiger charge is -2.06. The Hall–Kier alpha value is -3.37. The van der Waals surface area contributed by atoms with E-state index in [0.29, 0.717) is 17.0 Å². The lowest BCUT2D eigenvalue weighted by Crippen LogP contribution is -2.14. The van der Waals surface area contributed by atoms with Crippen LogP contribution in [0.25, 0.3) is 10.6 Å². The maximum absolute atomic E-state index is 11.8. The monoisotopic (exact) mass is 380 g/mol. The molecule has 136 valence electrons. The highest BCUT2D eigenvalue weighted by Crippen LogP contribution is 2.27. The van der Waals surface area contributed by atoms with E-state index in [9.17, 15) is 4.79 Å². The summed E-state index contributed by atoms with van der Waals surface area (Å²) in [5.74, 6) is 0.769. The Morgan fingerprint density at radius 3 is 2.74 bits per heavy atom. The summed E-state index contributed by atoms with van der Waals surface area (Å²) in [6, 6.07) is 16.1. The fourth-order valence-corrected chi connectivity index (χ4v) is 3.03. The van der Waals surface area contributed by atoms with Crippen LogP contribution in [0.5, 0.6) is 11.5 Å². The summed E-state index contributed by atoms with van der Waals surface area (Å²) in [6.45, 7) is -0.130. The summed E-state index contributed by atoms with van der Waals surface area (Å²) in [5, 5.41) is 11.4. The number of nitrogens with zero attached hydrogens (tertiary/aromatic N) is 2. The maximum atomic E-state index is 11.8. The molecule has 0 N–H and O–H groups in total. The zero-order valence-corrected chi connectivity index (χ0v) is 15.4. The van der Waals surface area contributed by atoms with Crippen molar-refractivity contribution in [3.05, 3.63) is 65.2 Å². The molecule has 0 saturated carbocycles. The number of hydrogen-bond donors (Lipinski definition) is 0. The molecule has 6 nitrogen and oxygen atoms in total. The van der Waals surface area contributed by atoms with Gasteiger partial charge >= 0.3 is 5.97 Å². The summed E-state index contributed by atoms with van der Waals surface area (Å²) in [6.07, 6.45) is 0. The minimum absolute atomic E-state index is 0.0794. The van der Waals surface area contributed by atoms with Crippen LogP contribution in [0.15, 0.2) is 53.9 Å². The molecule has 0 aliphatic rings. The third-order valence-electron chi connectivity index (χ3n) is 3.59. The van der Waals surface area contributed by atoms with Crippen molar-refractivity contribution < 1.29 is 19.0 Å². The number of ether oxygens (including phenoxy) is 3. The van der Waals surface area contributed by atoms with E-state index in [0.717, 1.165) is 16.3 Å². The van der Waals surface area contributed by atoms with Gasteiger partial charge in [0.25, 0.3) is 0 Å². The van der Waals surface area contributed by atoms with Crippen LogP contribution in [0, 0.1) is 11.3 Å². The minimum Gasteiger partial charge on any atom is -0.497 e. The molecular weight excluding hydrogens is 364 g/mol. The highest BCUT2D eigenvalue weighted by atomic mass is 32.1. The Kier molecular flexibility index (Phi) is 6.02. The van der Waals surface area contributed by atoms with Gasteiger partial charge in [0.15, 0.2) is 6.61 Å². The van der Waals surface area contributed by atoms with Gasteiger partial charge in [-0.25, -0.2) is 9.78 Å². The number of carbonyl (C=O) groups excluding carboxylic acids is 1. The first kappa shape index (κ1) is 18.4. The number of aromatic nitrogens is 1. The van der Waals surface area contributed by atoms with Crippen molar-refractivity contribution in [2.45, 2.75) is 6.61 Å². The van der Waals surface area contributed by atoms with E-state index in [1.54, 1.807) is 31.4 Å².